The molecule has 2 aliphatic carbocycles. The number of carbonyl (C=O) groups is 2. The molecule has 0 spiro atoms. The molecule has 16 heteroatoms. The number of nitrogens with zero attached hydrogens (tertiary/aromatic N) is 1. The standard InChI is InChI=1S/C33H30F7N3O6/c1-29(28(45)43-30(11-12-30)32(35,36)37)16-48-26-21(29)14-24(42-25(26)17-3-6-19(34)7-4-17)31(46,33(38,39)40)15-41-27(44)18-5-10-22(23(13-18)47-2)49-20-8-9-20/h3-7,10,13-14,20,46H,8-9,11-12,15-16H2,1-2H3,(H,41,44)(H,43,45)/t29-,31?/m0/s1. The summed E-state index contributed by atoms with van der Waals surface area (Å²) >= 11 is 0. The van der Waals surface area contributed by atoms with Crippen LogP contribution in [0, 0.1) is 5.82 Å². The number of ether oxygens (including phenoxy) is 3. The highest BCUT2D eigenvalue weighted by Crippen LogP contribution is 2.52. The van der Waals surface area contributed by atoms with E-state index in [0.29, 0.717) is 5.75 Å². The average molecular weight is 698 g/mol. The minimum Gasteiger partial charge on any atom is -0.493 e. The van der Waals surface area contributed by atoms with Gasteiger partial charge in [-0.3, -0.25) is 9.59 Å². The Hall–Kier alpha value is -4.60. The molecule has 0 saturated heterocycles. The monoisotopic (exact) mass is 697 g/mol. The van der Waals surface area contributed by atoms with Crippen LogP contribution in [0.25, 0.3) is 11.3 Å². The molecule has 0 radical (unpaired) electrons. The Balaban J connectivity index is 1.38. The van der Waals surface area contributed by atoms with Crippen molar-refractivity contribution in [2.75, 3.05) is 20.3 Å². The lowest BCUT2D eigenvalue weighted by atomic mass is 9.81. The molecule has 9 nitrogen and oxygen atoms in total. The molecular weight excluding hydrogens is 667 g/mol. The number of benzene rings is 2. The first-order chi connectivity index (χ1) is 22.9. The first kappa shape index (κ1) is 34.3. The van der Waals surface area contributed by atoms with Crippen molar-refractivity contribution in [3.63, 3.8) is 0 Å². The van der Waals surface area contributed by atoms with Gasteiger partial charge in [0.05, 0.1) is 25.5 Å². The van der Waals surface area contributed by atoms with Crippen LogP contribution in [-0.4, -0.2) is 66.2 Å². The van der Waals surface area contributed by atoms with Gasteiger partial charge in [0.2, 0.25) is 11.5 Å². The third-order valence-corrected chi connectivity index (χ3v) is 8.98. The Labute approximate surface area is 274 Å². The van der Waals surface area contributed by atoms with E-state index in [-0.39, 0.29) is 52.8 Å². The summed E-state index contributed by atoms with van der Waals surface area (Å²) in [5, 5.41) is 15.4. The molecule has 262 valence electrons. The van der Waals surface area contributed by atoms with Gasteiger partial charge in [-0.25, -0.2) is 9.37 Å². The van der Waals surface area contributed by atoms with Crippen molar-refractivity contribution in [2.45, 2.75) is 67.6 Å². The van der Waals surface area contributed by atoms with E-state index in [9.17, 15) is 45.4 Å². The van der Waals surface area contributed by atoms with Gasteiger partial charge in [0, 0.05) is 16.7 Å². The third-order valence-electron chi connectivity index (χ3n) is 8.98. The van der Waals surface area contributed by atoms with E-state index in [1.807, 2.05) is 5.32 Å². The first-order valence-electron chi connectivity index (χ1n) is 15.2. The minimum absolute atomic E-state index is 0.00668. The number of halogens is 7. The smallest absolute Gasteiger partial charge is 0.424 e. The number of alkyl halides is 6. The number of hydrogen-bond acceptors (Lipinski definition) is 7. The SMILES string of the molecule is COc1cc(C(=O)NCC(O)(c2cc3c(c(-c4ccc(F)cc4)n2)OC[C@]3(C)C(=O)NC2(C(F)(F)F)CC2)C(F)(F)F)ccc1OC1CC1. The number of nitrogens with one attached hydrogen (secondary N) is 2. The second-order valence-corrected chi connectivity index (χ2v) is 12.6. The van der Waals surface area contributed by atoms with Crippen molar-refractivity contribution in [3.05, 3.63) is 71.2 Å². The lowest BCUT2D eigenvalue weighted by molar-refractivity contribution is -0.265. The zero-order valence-electron chi connectivity index (χ0n) is 26.0. The highest BCUT2D eigenvalue weighted by molar-refractivity contribution is 5.95. The zero-order chi connectivity index (χ0) is 35.6. The van der Waals surface area contributed by atoms with E-state index >= 15 is 0 Å². The molecule has 2 saturated carbocycles. The molecule has 2 amide bonds. The van der Waals surface area contributed by atoms with Crippen LogP contribution in [0.1, 0.15) is 54.2 Å². The Morgan fingerprint density at radius 1 is 1.02 bits per heavy atom. The van der Waals surface area contributed by atoms with Gasteiger partial charge < -0.3 is 30.0 Å². The fourth-order valence-corrected chi connectivity index (χ4v) is 5.46. The second-order valence-electron chi connectivity index (χ2n) is 12.6. The van der Waals surface area contributed by atoms with E-state index in [1.54, 1.807) is 0 Å². The fourth-order valence-electron chi connectivity index (χ4n) is 5.46. The van der Waals surface area contributed by atoms with Crippen molar-refractivity contribution in [1.82, 2.24) is 15.6 Å². The fraction of sp³-hybridized carbons (Fsp3) is 0.424. The topological polar surface area (TPSA) is 119 Å². The number of fused-ring (bicyclic) bond motifs is 1. The summed E-state index contributed by atoms with van der Waals surface area (Å²) in [7, 11) is 1.32. The normalized spacial score (nSPS) is 20.8. The number of carbonyl (C=O) groups excluding carboxylic acids is 2. The zero-order valence-corrected chi connectivity index (χ0v) is 26.0. The Morgan fingerprint density at radius 2 is 1.69 bits per heavy atom. The lowest BCUT2D eigenvalue weighted by Crippen LogP contribution is -2.54. The molecule has 3 N–H and O–H groups in total. The van der Waals surface area contributed by atoms with E-state index < -0.39 is 65.4 Å². The average Bonchev–Trinajstić information content (AvgIpc) is 3.98. The summed E-state index contributed by atoms with van der Waals surface area (Å²) in [6.45, 7) is -0.851. The van der Waals surface area contributed by atoms with Crippen LogP contribution in [-0.2, 0) is 15.8 Å². The van der Waals surface area contributed by atoms with Crippen molar-refractivity contribution in [1.29, 1.82) is 0 Å². The summed E-state index contributed by atoms with van der Waals surface area (Å²) in [6.07, 6.45) is -9.38. The highest BCUT2D eigenvalue weighted by atomic mass is 19.4. The summed E-state index contributed by atoms with van der Waals surface area (Å²) in [4.78, 5) is 30.6. The molecule has 2 fully saturated rings. The first-order valence-corrected chi connectivity index (χ1v) is 15.2. The van der Waals surface area contributed by atoms with E-state index in [4.69, 9.17) is 14.2 Å². The molecule has 3 aliphatic rings. The Kier molecular flexibility index (Phi) is 8.24. The molecule has 0 bridgehead atoms. The Morgan fingerprint density at radius 3 is 2.27 bits per heavy atom. The summed E-state index contributed by atoms with van der Waals surface area (Å²) in [5.41, 5.74) is -10.2. The number of rotatable bonds is 10. The summed E-state index contributed by atoms with van der Waals surface area (Å²) < 4.78 is 116. The van der Waals surface area contributed by atoms with Crippen LogP contribution in [0.15, 0.2) is 48.5 Å². The van der Waals surface area contributed by atoms with Crippen LogP contribution < -0.4 is 24.8 Å². The van der Waals surface area contributed by atoms with Gasteiger partial charge in [-0.1, -0.05) is 0 Å². The van der Waals surface area contributed by atoms with Gasteiger partial charge in [0.1, 0.15) is 34.8 Å². The molecule has 49 heavy (non-hydrogen) atoms. The number of amides is 2. The summed E-state index contributed by atoms with van der Waals surface area (Å²) in [6, 6.07) is 9.03. The number of aromatic nitrogens is 1. The van der Waals surface area contributed by atoms with E-state index in [1.165, 1.54) is 44.4 Å². The van der Waals surface area contributed by atoms with Crippen molar-refractivity contribution in [3.8, 4) is 28.5 Å². The van der Waals surface area contributed by atoms with Crippen LogP contribution in [0.3, 0.4) is 0 Å². The maximum Gasteiger partial charge on any atom is 0.424 e. The van der Waals surface area contributed by atoms with Gasteiger partial charge in [-0.15, -0.1) is 0 Å². The molecule has 1 aliphatic heterocycles. The van der Waals surface area contributed by atoms with Crippen LogP contribution in [0.5, 0.6) is 17.2 Å². The lowest BCUT2D eigenvalue weighted by Gasteiger charge is -2.32. The minimum atomic E-state index is -5.49. The quantitative estimate of drug-likeness (QED) is 0.240. The van der Waals surface area contributed by atoms with Gasteiger partial charge in [-0.2, -0.15) is 26.3 Å². The predicted molar refractivity (Wildman–Crippen MR) is 158 cm³/mol. The van der Waals surface area contributed by atoms with Crippen LogP contribution in [0.4, 0.5) is 30.7 Å². The molecule has 1 unspecified atom stereocenters. The number of pyridine rings is 1. The van der Waals surface area contributed by atoms with Gasteiger partial charge in [0.25, 0.3) is 5.91 Å². The number of aliphatic hydroxyl groups is 1. The maximum atomic E-state index is 14.8. The molecule has 3 aromatic rings. The molecular formula is C33H30F7N3O6. The maximum absolute atomic E-state index is 14.8. The van der Waals surface area contributed by atoms with Crippen molar-refractivity contribution in [2.24, 2.45) is 0 Å². The molecule has 2 atom stereocenters. The molecule has 2 heterocycles. The molecule has 2 aromatic carbocycles. The van der Waals surface area contributed by atoms with Crippen molar-refractivity contribution < 1.29 is 59.6 Å². The molecule has 1 aromatic heterocycles. The van der Waals surface area contributed by atoms with Crippen LogP contribution >= 0.6 is 0 Å². The summed E-state index contributed by atoms with van der Waals surface area (Å²) in [5.74, 6) is -2.63. The van der Waals surface area contributed by atoms with Crippen molar-refractivity contribution >= 4 is 11.8 Å². The van der Waals surface area contributed by atoms with Crippen LogP contribution in [0.2, 0.25) is 0 Å². The Bertz CT molecular complexity index is 1790. The van der Waals surface area contributed by atoms with E-state index in [0.717, 1.165) is 31.0 Å². The number of methoxy groups -OCH3 is 1. The van der Waals surface area contributed by atoms with E-state index in [2.05, 4.69) is 10.3 Å². The number of hydrogen-bond donors (Lipinski definition) is 3. The predicted octanol–water partition coefficient (Wildman–Crippen LogP) is 5.48. The highest BCUT2D eigenvalue weighted by Gasteiger charge is 2.66. The van der Waals surface area contributed by atoms with Gasteiger partial charge in [-0.05, 0) is 81.1 Å². The second kappa shape index (κ2) is 11.8. The molecule has 6 rings (SSSR count). The largest absolute Gasteiger partial charge is 0.493 e. The third kappa shape index (κ3) is 6.22. The van der Waals surface area contributed by atoms with Gasteiger partial charge in [0.15, 0.2) is 11.5 Å². The van der Waals surface area contributed by atoms with Gasteiger partial charge >= 0.3 is 12.4 Å².